The lowest BCUT2D eigenvalue weighted by molar-refractivity contribution is 0.102. The molecule has 0 heterocycles. The average Bonchev–Trinajstić information content (AvgIpc) is 2.36. The first-order valence-corrected chi connectivity index (χ1v) is 6.39. The highest BCUT2D eigenvalue weighted by molar-refractivity contribution is 9.10. The molecule has 2 rings (SSSR count). The van der Waals surface area contributed by atoms with E-state index < -0.39 is 5.82 Å². The molecule has 0 saturated heterocycles. The number of benzene rings is 2. The third-order valence-corrected chi connectivity index (χ3v) is 3.18. The van der Waals surface area contributed by atoms with E-state index in [4.69, 9.17) is 5.73 Å². The summed E-state index contributed by atoms with van der Waals surface area (Å²) in [5, 5.41) is 2.54. The van der Waals surface area contributed by atoms with E-state index in [1.54, 1.807) is 31.2 Å². The van der Waals surface area contributed by atoms with Crippen molar-refractivity contribution in [3.8, 4) is 0 Å². The number of nitrogens with two attached hydrogens (primary N) is 1. The lowest BCUT2D eigenvalue weighted by atomic mass is 10.1. The first kappa shape index (κ1) is 13.5. The highest BCUT2D eigenvalue weighted by Crippen LogP contribution is 2.21. The van der Waals surface area contributed by atoms with Crippen LogP contribution in [0.3, 0.4) is 0 Å². The second kappa shape index (κ2) is 5.40. The summed E-state index contributed by atoms with van der Waals surface area (Å²) in [7, 11) is 0. The Kier molecular flexibility index (Phi) is 3.85. The van der Waals surface area contributed by atoms with Gasteiger partial charge in [-0.2, -0.15) is 0 Å². The Hall–Kier alpha value is -1.88. The average molecular weight is 323 g/mol. The van der Waals surface area contributed by atoms with Crippen molar-refractivity contribution in [3.05, 3.63) is 57.8 Å². The number of amides is 1. The number of rotatable bonds is 2. The molecule has 0 bridgehead atoms. The monoisotopic (exact) mass is 322 g/mol. The van der Waals surface area contributed by atoms with Gasteiger partial charge >= 0.3 is 0 Å². The smallest absolute Gasteiger partial charge is 0.256 e. The number of hydrogen-bond acceptors (Lipinski definition) is 2. The maximum Gasteiger partial charge on any atom is 0.256 e. The predicted molar refractivity (Wildman–Crippen MR) is 77.6 cm³/mol. The molecule has 2 aromatic rings. The molecule has 1 amide bonds. The molecule has 0 aliphatic rings. The van der Waals surface area contributed by atoms with E-state index in [9.17, 15) is 9.18 Å². The van der Waals surface area contributed by atoms with Crippen molar-refractivity contribution >= 4 is 33.2 Å². The molecule has 0 aliphatic heterocycles. The zero-order valence-electron chi connectivity index (χ0n) is 10.2. The van der Waals surface area contributed by atoms with Gasteiger partial charge in [0, 0.05) is 15.7 Å². The minimum atomic E-state index is -0.488. The summed E-state index contributed by atoms with van der Waals surface area (Å²) in [6.07, 6.45) is 0. The lowest BCUT2D eigenvalue weighted by Gasteiger charge is -2.09. The van der Waals surface area contributed by atoms with E-state index >= 15 is 0 Å². The van der Waals surface area contributed by atoms with Crippen LogP contribution < -0.4 is 11.1 Å². The Morgan fingerprint density at radius 1 is 1.26 bits per heavy atom. The predicted octanol–water partition coefficient (Wildman–Crippen LogP) is 3.73. The van der Waals surface area contributed by atoms with Crippen molar-refractivity contribution < 1.29 is 9.18 Å². The normalized spacial score (nSPS) is 10.3. The third kappa shape index (κ3) is 3.12. The summed E-state index contributed by atoms with van der Waals surface area (Å²) in [5.74, 6) is -0.875. The number of aryl methyl sites for hydroxylation is 1. The van der Waals surface area contributed by atoms with Crippen LogP contribution in [0, 0.1) is 12.7 Å². The topological polar surface area (TPSA) is 55.1 Å². The zero-order valence-corrected chi connectivity index (χ0v) is 11.8. The molecule has 0 aromatic heterocycles. The fourth-order valence-electron chi connectivity index (χ4n) is 1.67. The van der Waals surface area contributed by atoms with Crippen LogP contribution in [0.4, 0.5) is 15.8 Å². The highest BCUT2D eigenvalue weighted by atomic mass is 79.9. The number of anilines is 2. The minimum Gasteiger partial charge on any atom is -0.399 e. The number of halogens is 2. The SMILES string of the molecule is Cc1ccc(N)cc1C(=O)Nc1cc(Br)ccc1F. The zero-order chi connectivity index (χ0) is 14.0. The number of nitrogen functional groups attached to an aromatic ring is 1. The van der Waals surface area contributed by atoms with Gasteiger partial charge in [0.2, 0.25) is 0 Å². The van der Waals surface area contributed by atoms with Crippen molar-refractivity contribution in [2.45, 2.75) is 6.92 Å². The maximum absolute atomic E-state index is 13.6. The summed E-state index contributed by atoms with van der Waals surface area (Å²) in [5.41, 5.74) is 7.48. The number of nitrogens with one attached hydrogen (secondary N) is 1. The van der Waals surface area contributed by atoms with Crippen LogP contribution in [0.5, 0.6) is 0 Å². The van der Waals surface area contributed by atoms with Crippen LogP contribution in [-0.4, -0.2) is 5.91 Å². The molecule has 0 fully saturated rings. The molecule has 19 heavy (non-hydrogen) atoms. The van der Waals surface area contributed by atoms with Gasteiger partial charge in [-0.15, -0.1) is 0 Å². The molecule has 3 nitrogen and oxygen atoms in total. The summed E-state index contributed by atoms with van der Waals surface area (Å²) in [6.45, 7) is 1.80. The molecule has 0 radical (unpaired) electrons. The number of hydrogen-bond donors (Lipinski definition) is 2. The van der Waals surface area contributed by atoms with Gasteiger partial charge in [-0.1, -0.05) is 22.0 Å². The van der Waals surface area contributed by atoms with Crippen molar-refractivity contribution in [1.29, 1.82) is 0 Å². The molecule has 2 aromatic carbocycles. The molecule has 0 unspecified atom stereocenters. The molecule has 0 saturated carbocycles. The van der Waals surface area contributed by atoms with E-state index in [-0.39, 0.29) is 11.6 Å². The quantitative estimate of drug-likeness (QED) is 0.828. The molecular formula is C14H12BrFN2O. The molecule has 0 aliphatic carbocycles. The van der Waals surface area contributed by atoms with Crippen LogP contribution in [0.2, 0.25) is 0 Å². The maximum atomic E-state index is 13.6. The van der Waals surface area contributed by atoms with Crippen LogP contribution in [0.1, 0.15) is 15.9 Å². The Morgan fingerprint density at radius 3 is 2.74 bits per heavy atom. The van der Waals surface area contributed by atoms with Gasteiger partial charge in [-0.3, -0.25) is 4.79 Å². The Bertz CT molecular complexity index is 643. The Balaban J connectivity index is 2.30. The third-order valence-electron chi connectivity index (χ3n) is 2.68. The van der Waals surface area contributed by atoms with E-state index in [1.165, 1.54) is 12.1 Å². The van der Waals surface area contributed by atoms with Crippen molar-refractivity contribution in [2.24, 2.45) is 0 Å². The molecular weight excluding hydrogens is 311 g/mol. The number of carbonyl (C=O) groups excluding carboxylic acids is 1. The van der Waals surface area contributed by atoms with Crippen molar-refractivity contribution in [3.63, 3.8) is 0 Å². The lowest BCUT2D eigenvalue weighted by Crippen LogP contribution is -2.14. The number of carbonyl (C=O) groups is 1. The first-order chi connectivity index (χ1) is 8.97. The standard InChI is InChI=1S/C14H12BrFN2O/c1-8-2-4-10(17)7-11(8)14(19)18-13-6-9(15)3-5-12(13)16/h2-7H,17H2,1H3,(H,18,19). The summed E-state index contributed by atoms with van der Waals surface area (Å²) in [4.78, 5) is 12.1. The largest absolute Gasteiger partial charge is 0.399 e. The summed E-state index contributed by atoms with van der Waals surface area (Å²) < 4.78 is 14.3. The molecule has 3 N–H and O–H groups in total. The molecule has 5 heteroatoms. The molecule has 0 atom stereocenters. The summed E-state index contributed by atoms with van der Waals surface area (Å²) in [6, 6.07) is 9.39. The van der Waals surface area contributed by atoms with E-state index in [2.05, 4.69) is 21.2 Å². The van der Waals surface area contributed by atoms with Gasteiger partial charge in [0.1, 0.15) is 5.82 Å². The second-order valence-corrected chi connectivity index (χ2v) is 5.07. The Labute approximate surface area is 118 Å². The Morgan fingerprint density at radius 2 is 2.00 bits per heavy atom. The molecule has 98 valence electrons. The van der Waals surface area contributed by atoms with Gasteiger partial charge in [-0.05, 0) is 42.8 Å². The van der Waals surface area contributed by atoms with Crippen LogP contribution >= 0.6 is 15.9 Å². The van der Waals surface area contributed by atoms with E-state index in [1.807, 2.05) is 0 Å². The van der Waals surface area contributed by atoms with Crippen LogP contribution in [-0.2, 0) is 0 Å². The van der Waals surface area contributed by atoms with Gasteiger partial charge < -0.3 is 11.1 Å². The molecule has 0 spiro atoms. The second-order valence-electron chi connectivity index (χ2n) is 4.15. The fraction of sp³-hybridized carbons (Fsp3) is 0.0714. The van der Waals surface area contributed by atoms with Gasteiger partial charge in [0.25, 0.3) is 5.91 Å². The highest BCUT2D eigenvalue weighted by Gasteiger charge is 2.12. The first-order valence-electron chi connectivity index (χ1n) is 5.60. The van der Waals surface area contributed by atoms with Crippen molar-refractivity contribution in [2.75, 3.05) is 11.1 Å². The minimum absolute atomic E-state index is 0.126. The van der Waals surface area contributed by atoms with Crippen molar-refractivity contribution in [1.82, 2.24) is 0 Å². The van der Waals surface area contributed by atoms with Gasteiger partial charge in [-0.25, -0.2) is 4.39 Å². The fourth-order valence-corrected chi connectivity index (χ4v) is 2.03. The summed E-state index contributed by atoms with van der Waals surface area (Å²) >= 11 is 3.23. The van der Waals surface area contributed by atoms with Crippen LogP contribution in [0.15, 0.2) is 40.9 Å². The van der Waals surface area contributed by atoms with E-state index in [0.29, 0.717) is 15.7 Å². The van der Waals surface area contributed by atoms with Gasteiger partial charge in [0.05, 0.1) is 5.69 Å². The van der Waals surface area contributed by atoms with E-state index in [0.717, 1.165) is 5.56 Å². The van der Waals surface area contributed by atoms with Gasteiger partial charge in [0.15, 0.2) is 0 Å². The van der Waals surface area contributed by atoms with Crippen LogP contribution in [0.25, 0.3) is 0 Å².